The summed E-state index contributed by atoms with van der Waals surface area (Å²) in [6.45, 7) is 2.87. The summed E-state index contributed by atoms with van der Waals surface area (Å²) >= 11 is 0. The molecule has 6 nitrogen and oxygen atoms in total. The highest BCUT2D eigenvalue weighted by Gasteiger charge is 2.29. The number of nitrogens with one attached hydrogen (secondary N) is 1. The van der Waals surface area contributed by atoms with E-state index < -0.39 is 10.0 Å². The van der Waals surface area contributed by atoms with Gasteiger partial charge < -0.3 is 5.32 Å². The molecule has 0 unspecified atom stereocenters. The van der Waals surface area contributed by atoms with Gasteiger partial charge in [-0.25, -0.2) is 13.4 Å². The van der Waals surface area contributed by atoms with Crippen molar-refractivity contribution in [1.29, 1.82) is 0 Å². The third kappa shape index (κ3) is 4.34. The normalized spacial score (nSPS) is 14.2. The van der Waals surface area contributed by atoms with Crippen LogP contribution in [0.4, 0.5) is 11.5 Å². The number of anilines is 2. The summed E-state index contributed by atoms with van der Waals surface area (Å²) in [7, 11) is -3.55. The first-order chi connectivity index (χ1) is 16.0. The molecule has 0 spiro atoms. The predicted octanol–water partition coefficient (Wildman–Crippen LogP) is 5.07. The lowest BCUT2D eigenvalue weighted by molar-refractivity contribution is 0.391. The maximum atomic E-state index is 13.3. The molecule has 1 N–H and O–H groups in total. The average Bonchev–Trinajstić information content (AvgIpc) is 2.84. The molecule has 0 radical (unpaired) electrons. The third-order valence-electron chi connectivity index (χ3n) is 6.06. The van der Waals surface area contributed by atoms with Gasteiger partial charge in [0.05, 0.1) is 22.3 Å². The maximum absolute atomic E-state index is 13.3. The van der Waals surface area contributed by atoms with Crippen LogP contribution in [0.5, 0.6) is 0 Å². The quantitative estimate of drug-likeness (QED) is 0.436. The highest BCUT2D eigenvalue weighted by Crippen LogP contribution is 2.30. The van der Waals surface area contributed by atoms with Crippen molar-refractivity contribution in [3.8, 4) is 0 Å². The lowest BCUT2D eigenvalue weighted by atomic mass is 10.0. The van der Waals surface area contributed by atoms with E-state index in [4.69, 9.17) is 0 Å². The fourth-order valence-electron chi connectivity index (χ4n) is 4.32. The molecule has 4 aromatic rings. The van der Waals surface area contributed by atoms with E-state index in [0.29, 0.717) is 24.4 Å². The van der Waals surface area contributed by atoms with E-state index in [2.05, 4.69) is 22.2 Å². The van der Waals surface area contributed by atoms with Gasteiger partial charge in [0.2, 0.25) is 10.0 Å². The summed E-state index contributed by atoms with van der Waals surface area (Å²) in [5, 5.41) is 4.44. The summed E-state index contributed by atoms with van der Waals surface area (Å²) in [5.74, 6) is 0.755. The van der Waals surface area contributed by atoms with Crippen LogP contribution >= 0.6 is 0 Å². The molecule has 33 heavy (non-hydrogen) atoms. The number of sulfonamides is 1. The smallest absolute Gasteiger partial charge is 0.243 e. The van der Waals surface area contributed by atoms with Crippen molar-refractivity contribution in [2.75, 3.05) is 11.9 Å². The molecular formula is C26H26N4O2S. The zero-order chi connectivity index (χ0) is 22.8. The second kappa shape index (κ2) is 8.92. The Balaban J connectivity index is 1.38. The van der Waals surface area contributed by atoms with Gasteiger partial charge in [-0.1, -0.05) is 43.7 Å². The Morgan fingerprint density at radius 3 is 2.67 bits per heavy atom. The van der Waals surface area contributed by atoms with Gasteiger partial charge in [0.1, 0.15) is 5.82 Å². The van der Waals surface area contributed by atoms with E-state index in [0.717, 1.165) is 51.9 Å². The second-order valence-corrected chi connectivity index (χ2v) is 10.3. The van der Waals surface area contributed by atoms with E-state index in [9.17, 15) is 8.42 Å². The van der Waals surface area contributed by atoms with Crippen molar-refractivity contribution in [3.05, 3.63) is 89.7 Å². The third-order valence-corrected chi connectivity index (χ3v) is 7.92. The summed E-state index contributed by atoms with van der Waals surface area (Å²) in [5.41, 5.74) is 4.98. The lowest BCUT2D eigenvalue weighted by Gasteiger charge is -2.29. The summed E-state index contributed by atoms with van der Waals surface area (Å²) < 4.78 is 28.1. The molecule has 5 rings (SSSR count). The van der Waals surface area contributed by atoms with Gasteiger partial charge in [0, 0.05) is 30.2 Å². The molecule has 0 saturated carbocycles. The summed E-state index contributed by atoms with van der Waals surface area (Å²) in [6.07, 6.45) is 6.11. The van der Waals surface area contributed by atoms with Gasteiger partial charge in [0.15, 0.2) is 0 Å². The molecule has 0 atom stereocenters. The molecule has 7 heteroatoms. The Morgan fingerprint density at radius 2 is 1.85 bits per heavy atom. The molecule has 1 aliphatic heterocycles. The second-order valence-electron chi connectivity index (χ2n) is 8.32. The molecule has 0 saturated heterocycles. The summed E-state index contributed by atoms with van der Waals surface area (Å²) in [4.78, 5) is 9.39. The Hall–Kier alpha value is -3.29. The van der Waals surface area contributed by atoms with Crippen LogP contribution in [0.2, 0.25) is 0 Å². The number of benzene rings is 2. The molecular weight excluding hydrogens is 432 g/mol. The van der Waals surface area contributed by atoms with E-state index in [1.54, 1.807) is 28.8 Å². The SMILES string of the molecule is CCCc1ccc(S(=O)(=O)N2CCc3c(ccnc3Nc3cnc4ccccc4c3)C2)cc1. The highest BCUT2D eigenvalue weighted by molar-refractivity contribution is 7.89. The van der Waals surface area contributed by atoms with Crippen LogP contribution in [0, 0.1) is 0 Å². The van der Waals surface area contributed by atoms with Crippen molar-refractivity contribution >= 4 is 32.4 Å². The first-order valence-corrected chi connectivity index (χ1v) is 12.7. The first kappa shape index (κ1) is 21.6. The fourth-order valence-corrected chi connectivity index (χ4v) is 5.74. The van der Waals surface area contributed by atoms with Gasteiger partial charge in [-0.05, 0) is 54.3 Å². The van der Waals surface area contributed by atoms with E-state index in [-0.39, 0.29) is 0 Å². The molecule has 0 bridgehead atoms. The van der Waals surface area contributed by atoms with E-state index in [1.807, 2.05) is 48.5 Å². The number of aromatic nitrogens is 2. The number of aryl methyl sites for hydroxylation is 1. The number of hydrogen-bond acceptors (Lipinski definition) is 5. The van der Waals surface area contributed by atoms with Crippen LogP contribution in [0.25, 0.3) is 10.9 Å². The standard InChI is InChI=1S/C26H26N4O2S/c1-2-5-19-8-10-23(11-9-19)33(31,32)30-15-13-24-21(18-30)12-14-27-26(24)29-22-16-20-6-3-4-7-25(20)28-17-22/h3-4,6-12,14,16-17H,2,5,13,15,18H2,1H3,(H,27,29). The van der Waals surface area contributed by atoms with Crippen molar-refractivity contribution in [1.82, 2.24) is 14.3 Å². The molecule has 168 valence electrons. The van der Waals surface area contributed by atoms with E-state index >= 15 is 0 Å². The van der Waals surface area contributed by atoms with Crippen LogP contribution in [0.1, 0.15) is 30.0 Å². The molecule has 0 amide bonds. The minimum Gasteiger partial charge on any atom is -0.339 e. The van der Waals surface area contributed by atoms with Gasteiger partial charge in [-0.3, -0.25) is 4.98 Å². The highest BCUT2D eigenvalue weighted by atomic mass is 32.2. The summed E-state index contributed by atoms with van der Waals surface area (Å²) in [6, 6.07) is 19.2. The molecule has 1 aliphatic rings. The zero-order valence-corrected chi connectivity index (χ0v) is 19.3. The topological polar surface area (TPSA) is 75.2 Å². The number of pyridine rings is 2. The molecule has 2 aromatic heterocycles. The Labute approximate surface area is 194 Å². The number of nitrogens with zero attached hydrogens (tertiary/aromatic N) is 3. The van der Waals surface area contributed by atoms with Gasteiger partial charge in [0.25, 0.3) is 0 Å². The predicted molar refractivity (Wildman–Crippen MR) is 131 cm³/mol. The average molecular weight is 459 g/mol. The largest absolute Gasteiger partial charge is 0.339 e. The van der Waals surface area contributed by atoms with Crippen LogP contribution in [0.15, 0.2) is 78.0 Å². The minimum atomic E-state index is -3.55. The molecule has 3 heterocycles. The number of rotatable bonds is 6. The number of fused-ring (bicyclic) bond motifs is 2. The maximum Gasteiger partial charge on any atom is 0.243 e. The van der Waals surface area contributed by atoms with Crippen molar-refractivity contribution in [3.63, 3.8) is 0 Å². The van der Waals surface area contributed by atoms with Crippen molar-refractivity contribution < 1.29 is 8.42 Å². The Morgan fingerprint density at radius 1 is 1.03 bits per heavy atom. The van der Waals surface area contributed by atoms with Crippen LogP contribution < -0.4 is 5.32 Å². The van der Waals surface area contributed by atoms with Crippen LogP contribution in [-0.4, -0.2) is 29.2 Å². The minimum absolute atomic E-state index is 0.335. The van der Waals surface area contributed by atoms with Crippen LogP contribution in [-0.2, 0) is 29.4 Å². The first-order valence-electron chi connectivity index (χ1n) is 11.2. The number of para-hydroxylation sites is 1. The fraction of sp³-hybridized carbons (Fsp3) is 0.231. The van der Waals surface area contributed by atoms with Gasteiger partial charge in [-0.15, -0.1) is 0 Å². The van der Waals surface area contributed by atoms with Crippen LogP contribution in [0.3, 0.4) is 0 Å². The Kier molecular flexibility index (Phi) is 5.83. The molecule has 0 aliphatic carbocycles. The van der Waals surface area contributed by atoms with E-state index in [1.165, 1.54) is 0 Å². The van der Waals surface area contributed by atoms with Gasteiger partial charge in [-0.2, -0.15) is 4.31 Å². The lowest BCUT2D eigenvalue weighted by Crippen LogP contribution is -2.36. The zero-order valence-electron chi connectivity index (χ0n) is 18.5. The van der Waals surface area contributed by atoms with Crippen molar-refractivity contribution in [2.24, 2.45) is 0 Å². The number of hydrogen-bond donors (Lipinski definition) is 1. The monoisotopic (exact) mass is 458 g/mol. The van der Waals surface area contributed by atoms with Gasteiger partial charge >= 0.3 is 0 Å². The Bertz CT molecular complexity index is 1400. The molecule has 0 fully saturated rings. The van der Waals surface area contributed by atoms with Crippen molar-refractivity contribution in [2.45, 2.75) is 37.6 Å². The molecule has 2 aromatic carbocycles.